The fourth-order valence-corrected chi connectivity index (χ4v) is 4.43. The molecule has 1 amide bonds. The maximum atomic E-state index is 12.5. The maximum Gasteiger partial charge on any atom is 0.273 e. The fraction of sp³-hybridized carbons (Fsp3) is 0.545. The van der Waals surface area contributed by atoms with Crippen LogP contribution in [-0.4, -0.2) is 55.2 Å². The van der Waals surface area contributed by atoms with E-state index >= 15 is 0 Å². The van der Waals surface area contributed by atoms with Gasteiger partial charge in [0.15, 0.2) is 5.69 Å². The number of aryl methyl sites for hydroxylation is 1. The molecule has 1 aromatic carbocycles. The van der Waals surface area contributed by atoms with E-state index < -0.39 is 0 Å². The summed E-state index contributed by atoms with van der Waals surface area (Å²) in [4.78, 5) is 17.3. The van der Waals surface area contributed by atoms with Crippen LogP contribution in [0.15, 0.2) is 28.8 Å². The Kier molecular flexibility index (Phi) is 6.40. The summed E-state index contributed by atoms with van der Waals surface area (Å²) in [7, 11) is 0. The molecule has 0 radical (unpaired) electrons. The molecule has 1 aliphatic carbocycles. The lowest BCUT2D eigenvalue weighted by Gasteiger charge is -2.36. The lowest BCUT2D eigenvalue weighted by Crippen LogP contribution is -2.47. The van der Waals surface area contributed by atoms with Crippen molar-refractivity contribution in [2.75, 3.05) is 44.2 Å². The SMILES string of the molecule is C[C@H]1CCc2onc(C(=O)NCCCN3CCN(c4cccc(Cl)c4)CC3)c2C1. The van der Waals surface area contributed by atoms with Gasteiger partial charge in [0.25, 0.3) is 5.91 Å². The number of fused-ring (bicyclic) bond motifs is 1. The summed E-state index contributed by atoms with van der Waals surface area (Å²) < 4.78 is 5.38. The van der Waals surface area contributed by atoms with Gasteiger partial charge in [-0.2, -0.15) is 0 Å². The van der Waals surface area contributed by atoms with Crippen molar-refractivity contribution in [1.82, 2.24) is 15.4 Å². The first kappa shape index (κ1) is 20.2. The van der Waals surface area contributed by atoms with Crippen LogP contribution in [0.2, 0.25) is 5.02 Å². The number of halogens is 1. The Morgan fingerprint density at radius 3 is 2.93 bits per heavy atom. The average Bonchev–Trinajstić information content (AvgIpc) is 3.14. The van der Waals surface area contributed by atoms with Crippen LogP contribution in [0.1, 0.15) is 41.6 Å². The molecular weight excluding hydrogens is 388 g/mol. The number of carbonyl (C=O) groups excluding carboxylic acids is 1. The normalized spacial score (nSPS) is 19.8. The number of amides is 1. The standard InChI is InChI=1S/C22H29ClN4O2/c1-16-6-7-20-19(14-16)21(25-29-20)22(28)24-8-3-9-26-10-12-27(13-11-26)18-5-2-4-17(23)15-18/h2,4-5,15-16H,3,6-14H2,1H3,(H,24,28)/t16-/m0/s1. The van der Waals surface area contributed by atoms with Crippen LogP contribution < -0.4 is 10.2 Å². The average molecular weight is 417 g/mol. The molecule has 2 aromatic rings. The van der Waals surface area contributed by atoms with Crippen LogP contribution in [0.5, 0.6) is 0 Å². The molecule has 1 aromatic heterocycles. The summed E-state index contributed by atoms with van der Waals surface area (Å²) in [5.74, 6) is 1.37. The van der Waals surface area contributed by atoms with Gasteiger partial charge in [0.05, 0.1) is 0 Å². The zero-order valence-electron chi connectivity index (χ0n) is 17.0. The highest BCUT2D eigenvalue weighted by Crippen LogP contribution is 2.27. The molecule has 1 N–H and O–H groups in total. The van der Waals surface area contributed by atoms with E-state index in [2.05, 4.69) is 33.3 Å². The summed E-state index contributed by atoms with van der Waals surface area (Å²) in [6.07, 6.45) is 3.81. The predicted molar refractivity (Wildman–Crippen MR) is 115 cm³/mol. The van der Waals surface area contributed by atoms with Crippen molar-refractivity contribution in [2.24, 2.45) is 5.92 Å². The summed E-state index contributed by atoms with van der Waals surface area (Å²) in [6.45, 7) is 7.89. The number of nitrogens with zero attached hydrogens (tertiary/aromatic N) is 3. The number of carbonyl (C=O) groups is 1. The number of anilines is 1. The van der Waals surface area contributed by atoms with Crippen LogP contribution in [0.4, 0.5) is 5.69 Å². The Hall–Kier alpha value is -2.05. The molecule has 29 heavy (non-hydrogen) atoms. The third-order valence-corrected chi connectivity index (χ3v) is 6.22. The molecule has 0 saturated carbocycles. The third kappa shape index (κ3) is 4.93. The van der Waals surface area contributed by atoms with Crippen molar-refractivity contribution in [2.45, 2.75) is 32.6 Å². The first-order valence-electron chi connectivity index (χ1n) is 10.6. The topological polar surface area (TPSA) is 61.6 Å². The van der Waals surface area contributed by atoms with Gasteiger partial charge in [-0.1, -0.05) is 29.7 Å². The minimum atomic E-state index is -0.102. The van der Waals surface area contributed by atoms with Gasteiger partial charge in [-0.15, -0.1) is 0 Å². The molecular formula is C22H29ClN4O2. The second-order valence-electron chi connectivity index (χ2n) is 8.20. The molecule has 6 nitrogen and oxygen atoms in total. The first-order valence-corrected chi connectivity index (χ1v) is 11.0. The minimum Gasteiger partial charge on any atom is -0.369 e. The molecule has 2 aliphatic rings. The van der Waals surface area contributed by atoms with E-state index in [1.165, 1.54) is 5.69 Å². The molecule has 1 saturated heterocycles. The summed E-state index contributed by atoms with van der Waals surface area (Å²) >= 11 is 6.10. The van der Waals surface area contributed by atoms with E-state index in [1.807, 2.05) is 18.2 Å². The van der Waals surface area contributed by atoms with Crippen LogP contribution in [0, 0.1) is 5.92 Å². The Morgan fingerprint density at radius 2 is 2.14 bits per heavy atom. The molecule has 4 rings (SSSR count). The van der Waals surface area contributed by atoms with E-state index in [0.29, 0.717) is 18.2 Å². The van der Waals surface area contributed by atoms with Crippen molar-refractivity contribution in [3.63, 3.8) is 0 Å². The van der Waals surface area contributed by atoms with Crippen LogP contribution >= 0.6 is 11.6 Å². The van der Waals surface area contributed by atoms with Gasteiger partial charge in [-0.05, 0) is 49.9 Å². The Balaban J connectivity index is 1.18. The molecule has 156 valence electrons. The van der Waals surface area contributed by atoms with E-state index in [1.54, 1.807) is 0 Å². The first-order chi connectivity index (χ1) is 14.1. The van der Waals surface area contributed by atoms with Crippen molar-refractivity contribution in [1.29, 1.82) is 0 Å². The minimum absolute atomic E-state index is 0.102. The van der Waals surface area contributed by atoms with Crippen LogP contribution in [0.3, 0.4) is 0 Å². The molecule has 1 atom stereocenters. The molecule has 0 unspecified atom stereocenters. The zero-order chi connectivity index (χ0) is 20.2. The van der Waals surface area contributed by atoms with Gasteiger partial charge in [-0.25, -0.2) is 0 Å². The maximum absolute atomic E-state index is 12.5. The fourth-order valence-electron chi connectivity index (χ4n) is 4.25. The van der Waals surface area contributed by atoms with Gasteiger partial charge < -0.3 is 14.7 Å². The van der Waals surface area contributed by atoms with Gasteiger partial charge >= 0.3 is 0 Å². The number of hydrogen-bond donors (Lipinski definition) is 1. The second-order valence-corrected chi connectivity index (χ2v) is 8.64. The Morgan fingerprint density at radius 1 is 1.31 bits per heavy atom. The molecule has 0 spiro atoms. The largest absolute Gasteiger partial charge is 0.369 e. The Labute approximate surface area is 177 Å². The summed E-state index contributed by atoms with van der Waals surface area (Å²) in [5, 5.41) is 7.83. The lowest BCUT2D eigenvalue weighted by atomic mass is 9.88. The zero-order valence-corrected chi connectivity index (χ0v) is 17.7. The van der Waals surface area contributed by atoms with Crippen molar-refractivity contribution in [3.05, 3.63) is 46.3 Å². The smallest absolute Gasteiger partial charge is 0.273 e. The van der Waals surface area contributed by atoms with Crippen molar-refractivity contribution in [3.8, 4) is 0 Å². The van der Waals surface area contributed by atoms with Crippen molar-refractivity contribution >= 4 is 23.2 Å². The number of benzene rings is 1. The van der Waals surface area contributed by atoms with E-state index in [0.717, 1.165) is 74.8 Å². The molecule has 1 fully saturated rings. The molecule has 2 heterocycles. The number of rotatable bonds is 6. The van der Waals surface area contributed by atoms with Gasteiger partial charge in [0.2, 0.25) is 0 Å². The number of hydrogen-bond acceptors (Lipinski definition) is 5. The van der Waals surface area contributed by atoms with Crippen LogP contribution in [-0.2, 0) is 12.8 Å². The van der Waals surface area contributed by atoms with E-state index in [9.17, 15) is 4.79 Å². The van der Waals surface area contributed by atoms with Crippen molar-refractivity contribution < 1.29 is 9.32 Å². The number of piperazine rings is 1. The third-order valence-electron chi connectivity index (χ3n) is 5.98. The Bertz CT molecular complexity index is 845. The molecule has 1 aliphatic heterocycles. The van der Waals surface area contributed by atoms with Gasteiger partial charge in [0.1, 0.15) is 5.76 Å². The lowest BCUT2D eigenvalue weighted by molar-refractivity contribution is 0.0941. The summed E-state index contributed by atoms with van der Waals surface area (Å²) in [6, 6.07) is 8.04. The molecule has 7 heteroatoms. The quantitative estimate of drug-likeness (QED) is 0.731. The highest BCUT2D eigenvalue weighted by Gasteiger charge is 2.26. The highest BCUT2D eigenvalue weighted by atomic mass is 35.5. The number of nitrogens with one attached hydrogen (secondary N) is 1. The predicted octanol–water partition coefficient (Wildman–Crippen LogP) is 3.39. The number of aromatic nitrogens is 1. The highest BCUT2D eigenvalue weighted by molar-refractivity contribution is 6.30. The van der Waals surface area contributed by atoms with Gasteiger partial charge in [-0.3, -0.25) is 9.69 Å². The van der Waals surface area contributed by atoms with Gasteiger partial charge in [0, 0.05) is 55.4 Å². The monoisotopic (exact) mass is 416 g/mol. The second kappa shape index (κ2) is 9.18. The van der Waals surface area contributed by atoms with Crippen LogP contribution in [0.25, 0.3) is 0 Å². The van der Waals surface area contributed by atoms with E-state index in [-0.39, 0.29) is 5.91 Å². The summed E-state index contributed by atoms with van der Waals surface area (Å²) in [5.41, 5.74) is 2.69. The van der Waals surface area contributed by atoms with E-state index in [4.69, 9.17) is 16.1 Å². The molecule has 0 bridgehead atoms.